The molecule has 19 heavy (non-hydrogen) atoms. The minimum Gasteiger partial charge on any atom is -0.245 e. The number of hydrogen-bond acceptors (Lipinski definition) is 5. The number of hydrogen-bond donors (Lipinski definition) is 1. The lowest BCUT2D eigenvalue weighted by atomic mass is 10.1. The van der Waals surface area contributed by atoms with Gasteiger partial charge in [-0.05, 0) is 38.9 Å². The molecule has 0 atom stereocenters. The lowest BCUT2D eigenvalue weighted by Gasteiger charge is -2.07. The summed E-state index contributed by atoms with van der Waals surface area (Å²) in [4.78, 5) is 4.33. The van der Waals surface area contributed by atoms with Gasteiger partial charge in [0.2, 0.25) is 10.0 Å². The van der Waals surface area contributed by atoms with Crippen LogP contribution in [0.5, 0.6) is 0 Å². The number of aryl methyl sites for hydroxylation is 2. The van der Waals surface area contributed by atoms with E-state index in [0.29, 0.717) is 22.8 Å². The Kier molecular flexibility index (Phi) is 5.79. The highest BCUT2D eigenvalue weighted by Crippen LogP contribution is 2.24. The van der Waals surface area contributed by atoms with Crippen LogP contribution in [0.1, 0.15) is 23.2 Å². The van der Waals surface area contributed by atoms with E-state index in [-0.39, 0.29) is 5.75 Å². The van der Waals surface area contributed by atoms with Crippen molar-refractivity contribution in [3.63, 3.8) is 0 Å². The highest BCUT2D eigenvalue weighted by atomic mass is 32.2. The van der Waals surface area contributed by atoms with Gasteiger partial charge in [-0.15, -0.1) is 11.8 Å². The lowest BCUT2D eigenvalue weighted by Crippen LogP contribution is -2.22. The van der Waals surface area contributed by atoms with Crippen LogP contribution >= 0.6 is 11.8 Å². The second-order valence-electron chi connectivity index (χ2n) is 4.10. The van der Waals surface area contributed by atoms with Gasteiger partial charge in [0.15, 0.2) is 0 Å². The molecule has 0 aliphatic carbocycles. The van der Waals surface area contributed by atoms with Crippen molar-refractivity contribution in [2.75, 3.05) is 18.6 Å². The first-order valence-electron chi connectivity index (χ1n) is 5.82. The lowest BCUT2D eigenvalue weighted by molar-refractivity contribution is 0.587. The van der Waals surface area contributed by atoms with Crippen LogP contribution in [0.2, 0.25) is 0 Å². The molecule has 1 aromatic rings. The average Bonchev–Trinajstić information content (AvgIpc) is 2.34. The van der Waals surface area contributed by atoms with Crippen LogP contribution in [-0.4, -0.2) is 32.0 Å². The summed E-state index contributed by atoms with van der Waals surface area (Å²) in [6, 6.07) is 4.01. The van der Waals surface area contributed by atoms with E-state index in [4.69, 9.17) is 5.26 Å². The normalized spacial score (nSPS) is 11.3. The van der Waals surface area contributed by atoms with Crippen LogP contribution in [0.4, 0.5) is 0 Å². The second-order valence-corrected chi connectivity index (χ2v) is 7.23. The van der Waals surface area contributed by atoms with Gasteiger partial charge in [-0.25, -0.2) is 18.1 Å². The molecule has 0 saturated heterocycles. The van der Waals surface area contributed by atoms with Gasteiger partial charge >= 0.3 is 0 Å². The maximum absolute atomic E-state index is 11.3. The summed E-state index contributed by atoms with van der Waals surface area (Å²) < 4.78 is 24.8. The largest absolute Gasteiger partial charge is 0.245 e. The molecular weight excluding hydrogens is 282 g/mol. The van der Waals surface area contributed by atoms with E-state index in [2.05, 4.69) is 15.8 Å². The van der Waals surface area contributed by atoms with E-state index in [1.54, 1.807) is 0 Å². The van der Waals surface area contributed by atoms with Crippen molar-refractivity contribution in [1.82, 2.24) is 9.71 Å². The molecule has 0 aromatic carbocycles. The molecule has 0 fully saturated rings. The van der Waals surface area contributed by atoms with Gasteiger partial charge in [0.1, 0.15) is 11.1 Å². The van der Waals surface area contributed by atoms with E-state index in [1.165, 1.54) is 18.8 Å². The second kappa shape index (κ2) is 6.89. The monoisotopic (exact) mass is 299 g/mol. The topological polar surface area (TPSA) is 82.8 Å². The summed E-state index contributed by atoms with van der Waals surface area (Å²) in [7, 11) is -1.75. The average molecular weight is 299 g/mol. The maximum Gasteiger partial charge on any atom is 0.211 e. The van der Waals surface area contributed by atoms with Crippen molar-refractivity contribution in [3.05, 3.63) is 22.9 Å². The van der Waals surface area contributed by atoms with Crippen molar-refractivity contribution in [2.24, 2.45) is 0 Å². The van der Waals surface area contributed by atoms with Crippen LogP contribution in [-0.2, 0) is 10.0 Å². The quantitative estimate of drug-likeness (QED) is 0.637. The fourth-order valence-electron chi connectivity index (χ4n) is 1.56. The molecular formula is C12H17N3O2S2. The zero-order valence-corrected chi connectivity index (χ0v) is 12.9. The van der Waals surface area contributed by atoms with Crippen LogP contribution in [0.3, 0.4) is 0 Å². The molecule has 0 unspecified atom stereocenters. The standard InChI is InChI=1S/C12H17N3O2S2/c1-9-7-10(2)15-12(11(9)8-13)18-5-4-6-19(16,17)14-3/h7,14H,4-6H2,1-3H3. The van der Waals surface area contributed by atoms with Crippen molar-refractivity contribution in [1.29, 1.82) is 5.26 Å². The summed E-state index contributed by atoms with van der Waals surface area (Å²) in [5.74, 6) is 0.703. The Hall–Kier alpha value is -1.10. The summed E-state index contributed by atoms with van der Waals surface area (Å²) >= 11 is 1.43. The molecule has 1 rings (SSSR count). The molecule has 0 aliphatic rings. The van der Waals surface area contributed by atoms with Gasteiger partial charge < -0.3 is 0 Å². The number of sulfonamides is 1. The fourth-order valence-corrected chi connectivity index (χ4v) is 3.52. The van der Waals surface area contributed by atoms with Gasteiger partial charge in [-0.2, -0.15) is 5.26 Å². The minimum absolute atomic E-state index is 0.0865. The van der Waals surface area contributed by atoms with Gasteiger partial charge in [-0.3, -0.25) is 0 Å². The Morgan fingerprint density at radius 1 is 1.47 bits per heavy atom. The molecule has 7 heteroatoms. The fraction of sp³-hybridized carbons (Fsp3) is 0.500. The summed E-state index contributed by atoms with van der Waals surface area (Å²) in [6.45, 7) is 3.76. The Morgan fingerprint density at radius 2 is 2.16 bits per heavy atom. The molecule has 1 aromatic heterocycles. The third kappa shape index (κ3) is 4.82. The van der Waals surface area contributed by atoms with Gasteiger partial charge in [0.05, 0.1) is 11.3 Å². The Balaban J connectivity index is 2.67. The molecule has 104 valence electrons. The first-order valence-corrected chi connectivity index (χ1v) is 8.45. The number of nitriles is 1. The Morgan fingerprint density at radius 3 is 2.74 bits per heavy atom. The third-order valence-corrected chi connectivity index (χ3v) is 5.04. The number of thioether (sulfide) groups is 1. The highest BCUT2D eigenvalue weighted by molar-refractivity contribution is 7.99. The van der Waals surface area contributed by atoms with Crippen LogP contribution in [0.25, 0.3) is 0 Å². The van der Waals surface area contributed by atoms with Crippen LogP contribution in [0.15, 0.2) is 11.1 Å². The highest BCUT2D eigenvalue weighted by Gasteiger charge is 2.10. The van der Waals surface area contributed by atoms with E-state index in [9.17, 15) is 8.42 Å². The maximum atomic E-state index is 11.3. The van der Waals surface area contributed by atoms with E-state index < -0.39 is 10.0 Å². The van der Waals surface area contributed by atoms with Gasteiger partial charge in [-0.1, -0.05) is 0 Å². The van der Waals surface area contributed by atoms with Crippen molar-refractivity contribution < 1.29 is 8.42 Å². The van der Waals surface area contributed by atoms with E-state index in [0.717, 1.165) is 11.3 Å². The molecule has 1 heterocycles. The number of pyridine rings is 1. The molecule has 5 nitrogen and oxygen atoms in total. The number of rotatable bonds is 6. The molecule has 0 bridgehead atoms. The predicted molar refractivity (Wildman–Crippen MR) is 76.6 cm³/mol. The first-order chi connectivity index (χ1) is 8.89. The van der Waals surface area contributed by atoms with E-state index in [1.807, 2.05) is 19.9 Å². The van der Waals surface area contributed by atoms with Crippen LogP contribution < -0.4 is 4.72 Å². The molecule has 0 saturated carbocycles. The number of nitrogens with zero attached hydrogens (tertiary/aromatic N) is 2. The first kappa shape index (κ1) is 16.0. The van der Waals surface area contributed by atoms with Gasteiger partial charge in [0.25, 0.3) is 0 Å². The Bertz CT molecular complexity index is 592. The SMILES string of the molecule is CNS(=O)(=O)CCCSc1nc(C)cc(C)c1C#N. The zero-order chi connectivity index (χ0) is 14.5. The summed E-state index contributed by atoms with van der Waals surface area (Å²) in [5, 5.41) is 9.79. The smallest absolute Gasteiger partial charge is 0.211 e. The predicted octanol–water partition coefficient (Wildman–Crippen LogP) is 1.60. The number of aromatic nitrogens is 1. The molecule has 1 N–H and O–H groups in total. The summed E-state index contributed by atoms with van der Waals surface area (Å²) in [5.41, 5.74) is 2.34. The zero-order valence-electron chi connectivity index (χ0n) is 11.2. The van der Waals surface area contributed by atoms with E-state index >= 15 is 0 Å². The molecule has 0 amide bonds. The number of nitrogens with one attached hydrogen (secondary N) is 1. The summed E-state index contributed by atoms with van der Waals surface area (Å²) in [6.07, 6.45) is 0.521. The third-order valence-electron chi connectivity index (χ3n) is 2.53. The van der Waals surface area contributed by atoms with Gasteiger partial charge in [0, 0.05) is 11.4 Å². The van der Waals surface area contributed by atoms with Crippen molar-refractivity contribution >= 4 is 21.8 Å². The minimum atomic E-state index is -3.15. The molecule has 0 aliphatic heterocycles. The molecule has 0 spiro atoms. The van der Waals surface area contributed by atoms with Crippen LogP contribution in [0, 0.1) is 25.2 Å². The Labute approximate surface area is 118 Å². The van der Waals surface area contributed by atoms with Crippen molar-refractivity contribution in [2.45, 2.75) is 25.3 Å². The molecule has 0 radical (unpaired) electrons. The van der Waals surface area contributed by atoms with Crippen molar-refractivity contribution in [3.8, 4) is 6.07 Å².